The molecule has 0 aliphatic heterocycles. The lowest BCUT2D eigenvalue weighted by molar-refractivity contribution is 0.0555. The molecule has 0 unspecified atom stereocenters. The molecule has 2 saturated carbocycles. The van der Waals surface area contributed by atoms with Gasteiger partial charge in [-0.1, -0.05) is 11.6 Å². The maximum absolute atomic E-state index is 15.1. The number of alkyl halides is 1. The molecule has 2 fully saturated rings. The first-order valence-electron chi connectivity index (χ1n) is 11.6. The average Bonchev–Trinajstić information content (AvgIpc) is 3.15. The van der Waals surface area contributed by atoms with Crippen LogP contribution in [-0.4, -0.2) is 60.9 Å². The second-order valence-electron chi connectivity index (χ2n) is 9.21. The van der Waals surface area contributed by atoms with Crippen LogP contribution in [0.3, 0.4) is 0 Å². The Morgan fingerprint density at radius 2 is 2.03 bits per heavy atom. The molecule has 2 aliphatic rings. The standard InChI is InChI=1S/C22H26ClFN8O3/c1-10(2)25-22(34)35-15-6-5-12(19(15)24)13-7-17(31-30-13)29-21-28-16(23)8-18-27-14(9-32(18)21)20(33)26-11-3-4-11/h7-12,15,19H,3-6H2,1-2H3,(H,25,34)(H,26,33)(H2,28,29,30,31)/t12-,15-,19+/m1/s1. The van der Waals surface area contributed by atoms with E-state index in [1.165, 1.54) is 0 Å². The van der Waals surface area contributed by atoms with E-state index in [1.807, 2.05) is 0 Å². The summed E-state index contributed by atoms with van der Waals surface area (Å²) in [7, 11) is 0. The summed E-state index contributed by atoms with van der Waals surface area (Å²) < 4.78 is 21.9. The lowest BCUT2D eigenvalue weighted by atomic mass is 10.0. The number of anilines is 2. The predicted octanol–water partition coefficient (Wildman–Crippen LogP) is 3.46. The van der Waals surface area contributed by atoms with Gasteiger partial charge < -0.3 is 20.7 Å². The number of nitrogens with one attached hydrogen (secondary N) is 4. The Hall–Kier alpha value is -3.41. The fraction of sp³-hybridized carbons (Fsp3) is 0.500. The van der Waals surface area contributed by atoms with Crippen LogP contribution in [0.5, 0.6) is 0 Å². The number of carbonyl (C=O) groups excluding carboxylic acids is 2. The molecule has 3 heterocycles. The molecule has 0 radical (unpaired) electrons. The number of imidazole rings is 1. The van der Waals surface area contributed by atoms with Crippen molar-refractivity contribution in [3.05, 3.63) is 34.9 Å². The minimum atomic E-state index is -1.36. The second-order valence-corrected chi connectivity index (χ2v) is 9.60. The maximum atomic E-state index is 15.1. The predicted molar refractivity (Wildman–Crippen MR) is 126 cm³/mol. The first kappa shape index (κ1) is 23.3. The highest BCUT2D eigenvalue weighted by Crippen LogP contribution is 2.38. The molecule has 13 heteroatoms. The van der Waals surface area contributed by atoms with Crippen molar-refractivity contribution in [2.24, 2.45) is 0 Å². The van der Waals surface area contributed by atoms with Gasteiger partial charge in [0.25, 0.3) is 5.91 Å². The number of hydrogen-bond acceptors (Lipinski definition) is 7. The maximum Gasteiger partial charge on any atom is 0.407 e. The van der Waals surface area contributed by atoms with Crippen molar-refractivity contribution >= 4 is 41.0 Å². The summed E-state index contributed by atoms with van der Waals surface area (Å²) in [5.41, 5.74) is 1.28. The molecule has 4 N–H and O–H groups in total. The van der Waals surface area contributed by atoms with Gasteiger partial charge in [0.2, 0.25) is 5.95 Å². The third-order valence-electron chi connectivity index (χ3n) is 5.97. The Labute approximate surface area is 205 Å². The number of carbonyl (C=O) groups is 2. The molecule has 35 heavy (non-hydrogen) atoms. The summed E-state index contributed by atoms with van der Waals surface area (Å²) in [5.74, 6) is -0.0521. The zero-order valence-electron chi connectivity index (χ0n) is 19.2. The van der Waals surface area contributed by atoms with Gasteiger partial charge in [-0.15, -0.1) is 0 Å². The Morgan fingerprint density at radius 1 is 1.23 bits per heavy atom. The summed E-state index contributed by atoms with van der Waals surface area (Å²) in [5, 5.41) is 15.8. The molecule has 0 aromatic carbocycles. The molecule has 2 aliphatic carbocycles. The van der Waals surface area contributed by atoms with E-state index in [-0.39, 0.29) is 28.8 Å². The normalized spacial score (nSPS) is 21.9. The molecule has 186 valence electrons. The van der Waals surface area contributed by atoms with Gasteiger partial charge in [0.1, 0.15) is 28.8 Å². The van der Waals surface area contributed by atoms with E-state index in [0.29, 0.717) is 35.9 Å². The van der Waals surface area contributed by atoms with Gasteiger partial charge in [0, 0.05) is 42.0 Å². The number of aromatic amines is 1. The third kappa shape index (κ3) is 5.16. The Kier molecular flexibility index (Phi) is 6.22. The van der Waals surface area contributed by atoms with Gasteiger partial charge in [-0.3, -0.25) is 14.3 Å². The van der Waals surface area contributed by atoms with Crippen LogP contribution in [0.25, 0.3) is 5.65 Å². The molecular formula is C22H26ClFN8O3. The van der Waals surface area contributed by atoms with Crippen molar-refractivity contribution in [3.63, 3.8) is 0 Å². The van der Waals surface area contributed by atoms with E-state index in [2.05, 4.69) is 36.1 Å². The number of fused-ring (bicyclic) bond motifs is 1. The van der Waals surface area contributed by atoms with Crippen LogP contribution in [-0.2, 0) is 4.74 Å². The molecule has 3 aromatic rings. The van der Waals surface area contributed by atoms with Crippen molar-refractivity contribution in [3.8, 4) is 0 Å². The molecular weight excluding hydrogens is 479 g/mol. The number of ether oxygens (including phenoxy) is 1. The number of rotatable bonds is 7. The van der Waals surface area contributed by atoms with Crippen LogP contribution < -0.4 is 16.0 Å². The Bertz CT molecular complexity index is 1260. The first-order valence-corrected chi connectivity index (χ1v) is 11.9. The SMILES string of the molecule is CC(C)NC(=O)O[C@@H]1CC[C@H](c2cc(Nc3nc(Cl)cc4nc(C(=O)NC5CC5)cn34)n[nH]2)[C@@H]1F. The number of aromatic nitrogens is 5. The van der Waals surface area contributed by atoms with Gasteiger partial charge in [0.05, 0.1) is 0 Å². The van der Waals surface area contributed by atoms with E-state index in [0.717, 1.165) is 12.8 Å². The molecule has 3 atom stereocenters. The van der Waals surface area contributed by atoms with Gasteiger partial charge in [0.15, 0.2) is 5.82 Å². The third-order valence-corrected chi connectivity index (χ3v) is 6.16. The summed E-state index contributed by atoms with van der Waals surface area (Å²) in [6.07, 6.45) is 1.63. The fourth-order valence-corrected chi connectivity index (χ4v) is 4.31. The summed E-state index contributed by atoms with van der Waals surface area (Å²) in [4.78, 5) is 32.9. The summed E-state index contributed by atoms with van der Waals surface area (Å²) in [6.45, 7) is 3.61. The van der Waals surface area contributed by atoms with Crippen LogP contribution in [0.2, 0.25) is 5.15 Å². The number of halogens is 2. The van der Waals surface area contributed by atoms with Crippen molar-refractivity contribution in [2.75, 3.05) is 5.32 Å². The second kappa shape index (κ2) is 9.33. The van der Waals surface area contributed by atoms with E-state index < -0.39 is 24.3 Å². The first-order chi connectivity index (χ1) is 16.8. The molecule has 0 spiro atoms. The molecule has 2 amide bonds. The average molecular weight is 505 g/mol. The van der Waals surface area contributed by atoms with E-state index >= 15 is 4.39 Å². The summed E-state index contributed by atoms with van der Waals surface area (Å²) >= 11 is 6.16. The van der Waals surface area contributed by atoms with Crippen LogP contribution in [0.1, 0.15) is 61.6 Å². The number of H-pyrrole nitrogens is 1. The van der Waals surface area contributed by atoms with Gasteiger partial charge in [-0.2, -0.15) is 5.10 Å². The van der Waals surface area contributed by atoms with Crippen molar-refractivity contribution in [2.45, 2.75) is 69.8 Å². The molecule has 3 aromatic heterocycles. The smallest absolute Gasteiger partial charge is 0.407 e. The highest BCUT2D eigenvalue weighted by atomic mass is 35.5. The van der Waals surface area contributed by atoms with Gasteiger partial charge >= 0.3 is 6.09 Å². The topological polar surface area (TPSA) is 138 Å². The molecule has 0 saturated heterocycles. The molecule has 11 nitrogen and oxygen atoms in total. The van der Waals surface area contributed by atoms with Crippen molar-refractivity contribution in [1.29, 1.82) is 0 Å². The van der Waals surface area contributed by atoms with Crippen LogP contribution in [0.4, 0.5) is 21.0 Å². The Morgan fingerprint density at radius 3 is 2.77 bits per heavy atom. The van der Waals surface area contributed by atoms with Crippen LogP contribution >= 0.6 is 11.6 Å². The largest absolute Gasteiger partial charge is 0.443 e. The van der Waals surface area contributed by atoms with Gasteiger partial charge in [-0.25, -0.2) is 19.2 Å². The zero-order valence-corrected chi connectivity index (χ0v) is 20.0. The minimum absolute atomic E-state index is 0.0928. The molecule has 0 bridgehead atoms. The van der Waals surface area contributed by atoms with Crippen LogP contribution in [0.15, 0.2) is 18.3 Å². The number of alkyl carbamates (subject to hydrolysis) is 1. The summed E-state index contributed by atoms with van der Waals surface area (Å²) in [6, 6.07) is 3.35. The fourth-order valence-electron chi connectivity index (χ4n) is 4.13. The van der Waals surface area contributed by atoms with Gasteiger partial charge in [-0.05, 0) is 39.5 Å². The van der Waals surface area contributed by atoms with E-state index in [4.69, 9.17) is 16.3 Å². The van der Waals surface area contributed by atoms with E-state index in [1.54, 1.807) is 36.6 Å². The highest BCUT2D eigenvalue weighted by Gasteiger charge is 2.41. The number of amides is 2. The zero-order chi connectivity index (χ0) is 24.7. The minimum Gasteiger partial charge on any atom is -0.443 e. The molecule has 5 rings (SSSR count). The lowest BCUT2D eigenvalue weighted by Crippen LogP contribution is -2.36. The quantitative estimate of drug-likeness (QED) is 0.361. The highest BCUT2D eigenvalue weighted by molar-refractivity contribution is 6.29. The number of nitrogens with zero attached hydrogens (tertiary/aromatic N) is 4. The van der Waals surface area contributed by atoms with Crippen molar-refractivity contribution < 1.29 is 18.7 Å². The van der Waals surface area contributed by atoms with Crippen LogP contribution in [0, 0.1) is 0 Å². The Balaban J connectivity index is 1.30. The lowest BCUT2D eigenvalue weighted by Gasteiger charge is -2.18. The van der Waals surface area contributed by atoms with E-state index in [9.17, 15) is 9.59 Å². The number of hydrogen-bond donors (Lipinski definition) is 4. The van der Waals surface area contributed by atoms with Crippen molar-refractivity contribution in [1.82, 2.24) is 35.2 Å². The monoisotopic (exact) mass is 504 g/mol.